The molecule has 0 fully saturated rings. The molecule has 0 heterocycles. The van der Waals surface area contributed by atoms with Gasteiger partial charge in [-0.25, -0.2) is 8.78 Å². The molecule has 2 N–H and O–H groups in total. The van der Waals surface area contributed by atoms with Crippen LogP contribution in [0.15, 0.2) is 36.4 Å². The Kier molecular flexibility index (Phi) is 3.46. The van der Waals surface area contributed by atoms with Crippen molar-refractivity contribution in [2.45, 2.75) is 13.5 Å². The van der Waals surface area contributed by atoms with Crippen LogP contribution in [-0.2, 0) is 6.54 Å². The average molecular weight is 249 g/mol. The van der Waals surface area contributed by atoms with Gasteiger partial charge in [0, 0.05) is 18.3 Å². The Morgan fingerprint density at radius 1 is 1.06 bits per heavy atom. The smallest absolute Gasteiger partial charge is 0.126 e. The Morgan fingerprint density at radius 2 is 1.72 bits per heavy atom. The molecule has 94 valence electrons. The largest absolute Gasteiger partial charge is 0.508 e. The summed E-state index contributed by atoms with van der Waals surface area (Å²) in [7, 11) is 0. The summed E-state index contributed by atoms with van der Waals surface area (Å²) in [6.07, 6.45) is 0. The summed E-state index contributed by atoms with van der Waals surface area (Å²) in [6.45, 7) is 2.10. The molecule has 0 amide bonds. The van der Waals surface area contributed by atoms with Crippen molar-refractivity contribution in [3.63, 3.8) is 0 Å². The maximum Gasteiger partial charge on any atom is 0.126 e. The number of hydrogen-bond acceptors (Lipinski definition) is 2. The first-order chi connectivity index (χ1) is 8.54. The molecule has 0 aliphatic carbocycles. The van der Waals surface area contributed by atoms with Gasteiger partial charge < -0.3 is 10.4 Å². The summed E-state index contributed by atoms with van der Waals surface area (Å²) >= 11 is 0. The van der Waals surface area contributed by atoms with E-state index < -0.39 is 11.6 Å². The molecule has 0 aliphatic heterocycles. The molecule has 0 aromatic heterocycles. The third-order valence-corrected chi connectivity index (χ3v) is 2.62. The van der Waals surface area contributed by atoms with Gasteiger partial charge in [0.15, 0.2) is 0 Å². The number of phenols is 1. The first kappa shape index (κ1) is 12.4. The molecule has 0 bridgehead atoms. The minimum absolute atomic E-state index is 0.220. The van der Waals surface area contributed by atoms with Crippen molar-refractivity contribution in [1.82, 2.24) is 0 Å². The van der Waals surface area contributed by atoms with E-state index in [1.807, 2.05) is 0 Å². The van der Waals surface area contributed by atoms with E-state index in [9.17, 15) is 13.9 Å². The van der Waals surface area contributed by atoms with Crippen molar-refractivity contribution in [3.8, 4) is 5.75 Å². The molecule has 2 aromatic rings. The number of phenolic OH excluding ortho intramolecular Hbond substituents is 1. The Bertz CT molecular complexity index is 549. The van der Waals surface area contributed by atoms with E-state index in [1.165, 1.54) is 12.1 Å². The van der Waals surface area contributed by atoms with Crippen molar-refractivity contribution in [3.05, 3.63) is 59.2 Å². The third-order valence-electron chi connectivity index (χ3n) is 2.62. The number of aromatic hydroxyl groups is 1. The fourth-order valence-corrected chi connectivity index (χ4v) is 1.68. The highest BCUT2D eigenvalue weighted by Crippen LogP contribution is 2.20. The minimum atomic E-state index is -0.589. The zero-order chi connectivity index (χ0) is 13.1. The molecule has 4 heteroatoms. The highest BCUT2D eigenvalue weighted by atomic mass is 19.1. The minimum Gasteiger partial charge on any atom is -0.508 e. The fourth-order valence-electron chi connectivity index (χ4n) is 1.68. The first-order valence-electron chi connectivity index (χ1n) is 5.53. The second kappa shape index (κ2) is 5.04. The second-order valence-corrected chi connectivity index (χ2v) is 4.13. The van der Waals surface area contributed by atoms with E-state index in [2.05, 4.69) is 5.32 Å². The number of aryl methyl sites for hydroxylation is 1. The van der Waals surface area contributed by atoms with Crippen molar-refractivity contribution in [2.24, 2.45) is 0 Å². The van der Waals surface area contributed by atoms with Crippen molar-refractivity contribution in [2.75, 3.05) is 5.32 Å². The van der Waals surface area contributed by atoms with Gasteiger partial charge in [-0.2, -0.15) is 0 Å². The van der Waals surface area contributed by atoms with E-state index in [4.69, 9.17) is 0 Å². The molecule has 0 radical (unpaired) electrons. The van der Waals surface area contributed by atoms with Crippen LogP contribution in [0.3, 0.4) is 0 Å². The zero-order valence-corrected chi connectivity index (χ0v) is 9.87. The summed E-state index contributed by atoms with van der Waals surface area (Å²) < 4.78 is 25.9. The summed E-state index contributed by atoms with van der Waals surface area (Å²) in [5.74, 6) is -0.959. The molecular weight excluding hydrogens is 236 g/mol. The first-order valence-corrected chi connectivity index (χ1v) is 5.53. The molecule has 0 saturated carbocycles. The normalized spacial score (nSPS) is 10.4. The van der Waals surface area contributed by atoms with Gasteiger partial charge in [-0.15, -0.1) is 0 Å². The van der Waals surface area contributed by atoms with Gasteiger partial charge in [-0.05, 0) is 48.4 Å². The van der Waals surface area contributed by atoms with Crippen LogP contribution in [0.25, 0.3) is 0 Å². The average Bonchev–Trinajstić information content (AvgIpc) is 2.29. The van der Waals surface area contributed by atoms with E-state index in [-0.39, 0.29) is 5.75 Å². The number of nitrogens with one attached hydrogen (secondary N) is 1. The van der Waals surface area contributed by atoms with Crippen LogP contribution in [-0.4, -0.2) is 5.11 Å². The highest BCUT2D eigenvalue weighted by Gasteiger charge is 2.02. The van der Waals surface area contributed by atoms with Crippen molar-refractivity contribution in [1.29, 1.82) is 0 Å². The van der Waals surface area contributed by atoms with Crippen molar-refractivity contribution < 1.29 is 13.9 Å². The van der Waals surface area contributed by atoms with Crippen LogP contribution in [0.4, 0.5) is 14.5 Å². The lowest BCUT2D eigenvalue weighted by molar-refractivity contribution is 0.471. The lowest BCUT2D eigenvalue weighted by atomic mass is 10.2. The summed E-state index contributed by atoms with van der Waals surface area (Å²) in [4.78, 5) is 0. The number of anilines is 1. The van der Waals surface area contributed by atoms with Gasteiger partial charge in [-0.1, -0.05) is 0 Å². The molecular formula is C14H13F2NO. The molecule has 0 aliphatic rings. The van der Waals surface area contributed by atoms with E-state index in [1.54, 1.807) is 25.1 Å². The number of benzene rings is 2. The van der Waals surface area contributed by atoms with Crippen LogP contribution in [0, 0.1) is 18.6 Å². The number of halogens is 2. The molecule has 0 spiro atoms. The lowest BCUT2D eigenvalue weighted by Gasteiger charge is -2.08. The monoisotopic (exact) mass is 249 g/mol. The van der Waals surface area contributed by atoms with Crippen LogP contribution >= 0.6 is 0 Å². The molecule has 0 saturated heterocycles. The van der Waals surface area contributed by atoms with Gasteiger partial charge >= 0.3 is 0 Å². The Balaban J connectivity index is 2.08. The zero-order valence-electron chi connectivity index (χ0n) is 9.87. The predicted molar refractivity (Wildman–Crippen MR) is 66.5 cm³/mol. The Labute approximate surface area is 104 Å². The Morgan fingerprint density at radius 3 is 2.33 bits per heavy atom. The maximum atomic E-state index is 13.0. The summed E-state index contributed by atoms with van der Waals surface area (Å²) in [5, 5.41) is 12.4. The topological polar surface area (TPSA) is 32.3 Å². The summed E-state index contributed by atoms with van der Waals surface area (Å²) in [6, 6.07) is 8.45. The van der Waals surface area contributed by atoms with E-state index >= 15 is 0 Å². The lowest BCUT2D eigenvalue weighted by Crippen LogP contribution is -2.00. The fraction of sp³-hybridized carbons (Fsp3) is 0.143. The maximum absolute atomic E-state index is 13.0. The summed E-state index contributed by atoms with van der Waals surface area (Å²) in [5.41, 5.74) is 2.05. The predicted octanol–water partition coefficient (Wildman–Crippen LogP) is 3.59. The molecule has 0 atom stereocenters. The molecule has 0 unspecified atom stereocenters. The standard InChI is InChI=1S/C14H13F2NO/c1-9-4-13(2-3-14(9)18)17-8-10-5-11(15)7-12(16)6-10/h2-7,17-18H,8H2,1H3. The van der Waals surface area contributed by atoms with Crippen LogP contribution < -0.4 is 5.32 Å². The van der Waals surface area contributed by atoms with Crippen LogP contribution in [0.1, 0.15) is 11.1 Å². The van der Waals surface area contributed by atoms with E-state index in [0.29, 0.717) is 12.1 Å². The van der Waals surface area contributed by atoms with Gasteiger partial charge in [-0.3, -0.25) is 0 Å². The molecule has 18 heavy (non-hydrogen) atoms. The third kappa shape index (κ3) is 2.97. The van der Waals surface area contributed by atoms with Gasteiger partial charge in [0.1, 0.15) is 17.4 Å². The van der Waals surface area contributed by atoms with E-state index in [0.717, 1.165) is 17.3 Å². The Hall–Kier alpha value is -2.10. The van der Waals surface area contributed by atoms with Gasteiger partial charge in [0.05, 0.1) is 0 Å². The SMILES string of the molecule is Cc1cc(NCc2cc(F)cc(F)c2)ccc1O. The highest BCUT2D eigenvalue weighted by molar-refractivity contribution is 5.50. The molecule has 2 rings (SSSR count). The van der Waals surface area contributed by atoms with Gasteiger partial charge in [0.2, 0.25) is 0 Å². The van der Waals surface area contributed by atoms with Gasteiger partial charge in [0.25, 0.3) is 0 Å². The van der Waals surface area contributed by atoms with Crippen LogP contribution in [0.5, 0.6) is 5.75 Å². The molecule has 2 aromatic carbocycles. The second-order valence-electron chi connectivity index (χ2n) is 4.13. The van der Waals surface area contributed by atoms with Crippen molar-refractivity contribution >= 4 is 5.69 Å². The van der Waals surface area contributed by atoms with Crippen LogP contribution in [0.2, 0.25) is 0 Å². The quantitative estimate of drug-likeness (QED) is 0.815. The number of rotatable bonds is 3. The number of hydrogen-bond donors (Lipinski definition) is 2. The molecule has 2 nitrogen and oxygen atoms in total.